The van der Waals surface area contributed by atoms with E-state index in [9.17, 15) is 22.8 Å². The van der Waals surface area contributed by atoms with Crippen molar-refractivity contribution in [2.45, 2.75) is 36.2 Å². The number of sulfonamides is 1. The third-order valence-corrected chi connectivity index (χ3v) is 9.41. The predicted octanol–water partition coefficient (Wildman–Crippen LogP) is -0.229. The molecule has 2 aromatic rings. The normalized spacial score (nSPS) is 19.4. The second kappa shape index (κ2) is 13.2. The number of methoxy groups -OCH3 is 2. The number of piperazine rings is 1. The molecule has 0 bridgehead atoms. The molecule has 3 N–H and O–H groups in total. The Balaban J connectivity index is 1.59. The van der Waals surface area contributed by atoms with Crippen LogP contribution in [0.2, 0.25) is 0 Å². The molecule has 2 amide bonds. The van der Waals surface area contributed by atoms with Crippen LogP contribution in [0.5, 0.6) is 5.75 Å². The van der Waals surface area contributed by atoms with Crippen molar-refractivity contribution in [2.75, 3.05) is 46.9 Å². The number of ether oxygens (including phenoxy) is 2. The lowest BCUT2D eigenvalue weighted by atomic mass is 9.96. The molecule has 0 spiro atoms. The van der Waals surface area contributed by atoms with Gasteiger partial charge in [-0.15, -0.1) is 0 Å². The molecule has 0 aromatic heterocycles. The van der Waals surface area contributed by atoms with E-state index in [-0.39, 0.29) is 42.8 Å². The maximum absolute atomic E-state index is 13.8. The lowest BCUT2D eigenvalue weighted by Crippen LogP contribution is -2.86. The Kier molecular flexibility index (Phi) is 9.77. The molecule has 2 aliphatic rings. The fraction of sp³-hybridized carbons (Fsp3) is 0.464. The van der Waals surface area contributed by atoms with Crippen LogP contribution in [-0.4, -0.2) is 94.4 Å². The van der Waals surface area contributed by atoms with Crippen molar-refractivity contribution in [3.63, 3.8) is 0 Å². The van der Waals surface area contributed by atoms with Gasteiger partial charge in [0.15, 0.2) is 0 Å². The highest BCUT2D eigenvalue weighted by Gasteiger charge is 2.43. The fourth-order valence-electron chi connectivity index (χ4n) is 5.23. The number of carbonyl (C=O) groups excluding carboxylic acids is 3. The van der Waals surface area contributed by atoms with Gasteiger partial charge in [0.1, 0.15) is 17.8 Å². The number of amides is 2. The average Bonchev–Trinajstić information content (AvgIpc) is 3.00. The maximum atomic E-state index is 13.8. The quantitative estimate of drug-likeness (QED) is 0.395. The number of carbonyl (C=O) groups is 3. The molecule has 0 unspecified atom stereocenters. The summed E-state index contributed by atoms with van der Waals surface area (Å²) in [6.45, 7) is 1.75. The van der Waals surface area contributed by atoms with Crippen LogP contribution in [-0.2, 0) is 35.6 Å². The standard InChI is InChI=1S/C28H36N4O7S/c1-38-22-10-8-20(9-11-22)18-24(28(35)39-2)30-26(33)25-19-31(27(34)21-12-14-29-15-13-21)16-17-32(25)40(36,37)23-6-4-3-5-7-23/h3-11,21,24-25,29H,12-19H2,1-2H3,(H,30,33)/p+1/t24-,25-/m0/s1. The highest BCUT2D eigenvalue weighted by molar-refractivity contribution is 7.89. The molecule has 0 radical (unpaired) electrons. The van der Waals surface area contributed by atoms with Gasteiger partial charge in [-0.1, -0.05) is 30.3 Å². The summed E-state index contributed by atoms with van der Waals surface area (Å²) in [5.41, 5.74) is 0.750. The SMILES string of the molecule is COC(=O)[C@H](Cc1ccc(OC)cc1)NC(=O)[C@@H]1CN(C(=O)C2CC[NH2+]CC2)CCN1S(=O)(=O)c1ccccc1. The molecule has 2 heterocycles. The molecule has 40 heavy (non-hydrogen) atoms. The largest absolute Gasteiger partial charge is 0.497 e. The van der Waals surface area contributed by atoms with Crippen LogP contribution in [0.1, 0.15) is 18.4 Å². The topological polar surface area (TPSA) is 139 Å². The van der Waals surface area contributed by atoms with Gasteiger partial charge < -0.3 is 25.0 Å². The van der Waals surface area contributed by atoms with E-state index in [1.165, 1.54) is 19.2 Å². The maximum Gasteiger partial charge on any atom is 0.328 e. The van der Waals surface area contributed by atoms with Gasteiger partial charge in [-0.3, -0.25) is 9.59 Å². The van der Waals surface area contributed by atoms with Crippen LogP contribution in [0.3, 0.4) is 0 Å². The van der Waals surface area contributed by atoms with Gasteiger partial charge in [-0.25, -0.2) is 13.2 Å². The highest BCUT2D eigenvalue weighted by atomic mass is 32.2. The number of nitrogens with one attached hydrogen (secondary N) is 1. The second-order valence-corrected chi connectivity index (χ2v) is 11.9. The summed E-state index contributed by atoms with van der Waals surface area (Å²) in [6.07, 6.45) is 1.61. The average molecular weight is 574 g/mol. The molecular formula is C28H37N4O7S+. The summed E-state index contributed by atoms with van der Waals surface area (Å²) in [6, 6.07) is 12.6. The Bertz CT molecular complexity index is 1280. The van der Waals surface area contributed by atoms with Gasteiger partial charge in [0, 0.05) is 44.8 Å². The van der Waals surface area contributed by atoms with E-state index < -0.39 is 34.0 Å². The number of hydrogen-bond donors (Lipinski definition) is 2. The number of esters is 1. The van der Waals surface area contributed by atoms with E-state index >= 15 is 0 Å². The molecule has 2 fully saturated rings. The van der Waals surface area contributed by atoms with E-state index in [2.05, 4.69) is 10.6 Å². The Morgan fingerprint density at radius 3 is 2.30 bits per heavy atom. The number of nitrogens with two attached hydrogens (primary N) is 1. The van der Waals surface area contributed by atoms with Crippen LogP contribution in [0.4, 0.5) is 0 Å². The summed E-state index contributed by atoms with van der Waals surface area (Å²) >= 11 is 0. The van der Waals surface area contributed by atoms with E-state index in [1.54, 1.807) is 54.5 Å². The van der Waals surface area contributed by atoms with Crippen molar-refractivity contribution in [3.05, 3.63) is 60.2 Å². The van der Waals surface area contributed by atoms with Crippen molar-refractivity contribution in [1.29, 1.82) is 0 Å². The first kappa shape index (κ1) is 29.5. The van der Waals surface area contributed by atoms with Crippen LogP contribution >= 0.6 is 0 Å². The first-order valence-electron chi connectivity index (χ1n) is 13.4. The zero-order valence-corrected chi connectivity index (χ0v) is 23.6. The molecule has 4 rings (SSSR count). The van der Waals surface area contributed by atoms with Gasteiger partial charge in [-0.2, -0.15) is 4.31 Å². The van der Waals surface area contributed by atoms with Crippen LogP contribution in [0, 0.1) is 5.92 Å². The van der Waals surface area contributed by atoms with E-state index in [1.807, 2.05) is 0 Å². The minimum atomic E-state index is -4.06. The van der Waals surface area contributed by atoms with E-state index in [0.29, 0.717) is 5.75 Å². The van der Waals surface area contributed by atoms with Crippen molar-refractivity contribution >= 4 is 27.8 Å². The number of quaternary nitrogens is 1. The molecular weight excluding hydrogens is 536 g/mol. The molecule has 216 valence electrons. The third kappa shape index (κ3) is 6.80. The molecule has 2 aromatic carbocycles. The lowest BCUT2D eigenvalue weighted by molar-refractivity contribution is -0.664. The number of benzene rings is 2. The zero-order chi connectivity index (χ0) is 28.7. The van der Waals surface area contributed by atoms with Gasteiger partial charge in [0.2, 0.25) is 21.8 Å². The predicted molar refractivity (Wildman–Crippen MR) is 146 cm³/mol. The monoisotopic (exact) mass is 573 g/mol. The van der Waals surface area contributed by atoms with Gasteiger partial charge in [-0.05, 0) is 29.8 Å². The third-order valence-electron chi connectivity index (χ3n) is 7.48. The lowest BCUT2D eigenvalue weighted by Gasteiger charge is -2.41. The number of piperidine rings is 1. The van der Waals surface area contributed by atoms with Gasteiger partial charge in [0.05, 0.1) is 32.2 Å². The summed E-state index contributed by atoms with van der Waals surface area (Å²) in [5, 5.41) is 4.88. The zero-order valence-electron chi connectivity index (χ0n) is 22.8. The second-order valence-electron chi connectivity index (χ2n) is 10.0. The first-order chi connectivity index (χ1) is 19.2. The summed E-state index contributed by atoms with van der Waals surface area (Å²) in [7, 11) is -1.28. The van der Waals surface area contributed by atoms with Crippen molar-refractivity contribution in [2.24, 2.45) is 5.92 Å². The molecule has 0 saturated carbocycles. The van der Waals surface area contributed by atoms with Crippen LogP contribution < -0.4 is 15.4 Å². The summed E-state index contributed by atoms with van der Waals surface area (Å²) in [5.74, 6) is -0.900. The Hall–Kier alpha value is -3.48. The minimum Gasteiger partial charge on any atom is -0.497 e. The van der Waals surface area contributed by atoms with E-state index in [4.69, 9.17) is 9.47 Å². The Labute approximate surface area is 234 Å². The smallest absolute Gasteiger partial charge is 0.328 e. The van der Waals surface area contributed by atoms with Gasteiger partial charge >= 0.3 is 5.97 Å². The van der Waals surface area contributed by atoms with Crippen molar-refractivity contribution < 1.29 is 37.6 Å². The molecule has 12 heteroatoms. The van der Waals surface area contributed by atoms with E-state index in [0.717, 1.165) is 35.8 Å². The summed E-state index contributed by atoms with van der Waals surface area (Å²) in [4.78, 5) is 41.4. The summed E-state index contributed by atoms with van der Waals surface area (Å²) < 4.78 is 38.5. The number of hydrogen-bond acceptors (Lipinski definition) is 7. The fourth-order valence-corrected chi connectivity index (χ4v) is 6.82. The van der Waals surface area contributed by atoms with Crippen LogP contribution in [0.25, 0.3) is 0 Å². The highest BCUT2D eigenvalue weighted by Crippen LogP contribution is 2.24. The Morgan fingerprint density at radius 2 is 1.68 bits per heavy atom. The molecule has 0 aliphatic carbocycles. The Morgan fingerprint density at radius 1 is 1.00 bits per heavy atom. The number of rotatable bonds is 9. The molecule has 2 atom stereocenters. The van der Waals surface area contributed by atoms with Gasteiger partial charge in [0.25, 0.3) is 0 Å². The van der Waals surface area contributed by atoms with Crippen LogP contribution in [0.15, 0.2) is 59.5 Å². The first-order valence-corrected chi connectivity index (χ1v) is 14.9. The minimum absolute atomic E-state index is 0.0404. The van der Waals surface area contributed by atoms with Crippen molar-refractivity contribution in [1.82, 2.24) is 14.5 Å². The van der Waals surface area contributed by atoms with Crippen molar-refractivity contribution in [3.8, 4) is 5.75 Å². The molecule has 11 nitrogen and oxygen atoms in total. The number of nitrogens with zero attached hydrogens (tertiary/aromatic N) is 2. The molecule has 2 saturated heterocycles. The molecule has 2 aliphatic heterocycles.